The summed E-state index contributed by atoms with van der Waals surface area (Å²) in [6.07, 6.45) is 13.2. The number of aliphatic hydroxyl groups is 1. The zero-order chi connectivity index (χ0) is 16.2. The van der Waals surface area contributed by atoms with Gasteiger partial charge in [0.05, 0.1) is 12.2 Å². The molecular weight excluding hydrogens is 276 g/mol. The summed E-state index contributed by atoms with van der Waals surface area (Å²) in [5, 5.41) is 10.2. The van der Waals surface area contributed by atoms with Crippen LogP contribution in [0.15, 0.2) is 12.7 Å². The fourth-order valence-electron chi connectivity index (χ4n) is 3.06. The average Bonchev–Trinajstić information content (AvgIpc) is 2.88. The lowest BCUT2D eigenvalue weighted by molar-refractivity contribution is -0.123. The number of allylic oxidation sites excluding steroid dienone is 1. The van der Waals surface area contributed by atoms with Crippen LogP contribution >= 0.6 is 0 Å². The van der Waals surface area contributed by atoms with Gasteiger partial charge < -0.3 is 9.84 Å². The van der Waals surface area contributed by atoms with Crippen LogP contribution in [0.5, 0.6) is 0 Å². The Bertz CT molecular complexity index is 314. The first-order valence-corrected chi connectivity index (χ1v) is 9.16. The van der Waals surface area contributed by atoms with Crippen molar-refractivity contribution in [1.82, 2.24) is 0 Å². The minimum absolute atomic E-state index is 0.185. The van der Waals surface area contributed by atoms with E-state index < -0.39 is 6.10 Å². The number of unbranched alkanes of at least 4 members (excludes halogenated alkanes) is 7. The molecule has 3 nitrogen and oxygen atoms in total. The van der Waals surface area contributed by atoms with Gasteiger partial charge in [-0.25, -0.2) is 0 Å². The number of hydrogen-bond donors (Lipinski definition) is 1. The number of hydrogen-bond acceptors (Lipinski definition) is 3. The normalized spacial score (nSPS) is 22.9. The van der Waals surface area contributed by atoms with E-state index in [-0.39, 0.29) is 18.0 Å². The minimum Gasteiger partial charge on any atom is -0.390 e. The Morgan fingerprint density at radius 3 is 2.68 bits per heavy atom. The summed E-state index contributed by atoms with van der Waals surface area (Å²) in [4.78, 5) is 11.9. The monoisotopic (exact) mass is 310 g/mol. The Balaban J connectivity index is 2.11. The molecule has 22 heavy (non-hydrogen) atoms. The molecule has 0 saturated carbocycles. The molecule has 1 heterocycles. The van der Waals surface area contributed by atoms with Gasteiger partial charge in [-0.3, -0.25) is 4.79 Å². The van der Waals surface area contributed by atoms with Crippen molar-refractivity contribution >= 4 is 5.78 Å². The molecule has 1 aliphatic heterocycles. The Morgan fingerprint density at radius 1 is 1.23 bits per heavy atom. The quantitative estimate of drug-likeness (QED) is 0.400. The zero-order valence-corrected chi connectivity index (χ0v) is 14.3. The Kier molecular flexibility index (Phi) is 10.4. The molecule has 1 aliphatic rings. The van der Waals surface area contributed by atoms with Crippen LogP contribution in [0.1, 0.15) is 84.0 Å². The molecule has 1 rings (SSSR count). The molecule has 0 spiro atoms. The van der Waals surface area contributed by atoms with Gasteiger partial charge in [0.25, 0.3) is 0 Å². The van der Waals surface area contributed by atoms with Gasteiger partial charge in [-0.2, -0.15) is 0 Å². The van der Waals surface area contributed by atoms with Crippen molar-refractivity contribution in [2.45, 2.75) is 102 Å². The van der Waals surface area contributed by atoms with E-state index in [1.165, 1.54) is 19.3 Å². The predicted molar refractivity (Wildman–Crippen MR) is 90.9 cm³/mol. The van der Waals surface area contributed by atoms with Gasteiger partial charge in [-0.05, 0) is 25.7 Å². The molecule has 1 fully saturated rings. The number of ether oxygens (including phenoxy) is 1. The van der Waals surface area contributed by atoms with Crippen molar-refractivity contribution in [3.63, 3.8) is 0 Å². The van der Waals surface area contributed by atoms with Crippen molar-refractivity contribution in [2.24, 2.45) is 0 Å². The summed E-state index contributed by atoms with van der Waals surface area (Å²) in [5.41, 5.74) is 0. The maximum atomic E-state index is 11.9. The first-order chi connectivity index (χ1) is 10.7. The number of Topliss-reactive ketones (excluding diaryl/α,β-unsaturated/α-hetero) is 1. The standard InChI is InChI=1S/C19H34O3/c1-3-5-7-8-9-10-12-13-16(20)19-15-17(21)18(22-19)14-11-6-4-2/h3,16,18-20H,1,4-15H2,2H3/t16-,18+,19-/m1/s1. The highest BCUT2D eigenvalue weighted by molar-refractivity contribution is 5.85. The molecule has 0 aromatic carbocycles. The van der Waals surface area contributed by atoms with E-state index in [1.54, 1.807) is 0 Å². The number of rotatable bonds is 13. The lowest BCUT2D eigenvalue weighted by Crippen LogP contribution is -2.26. The van der Waals surface area contributed by atoms with Crippen LogP contribution in [0.25, 0.3) is 0 Å². The largest absolute Gasteiger partial charge is 0.390 e. The Morgan fingerprint density at radius 2 is 1.95 bits per heavy atom. The van der Waals surface area contributed by atoms with Gasteiger partial charge in [0, 0.05) is 6.42 Å². The first-order valence-electron chi connectivity index (χ1n) is 9.16. The second-order valence-electron chi connectivity index (χ2n) is 6.53. The highest BCUT2D eigenvalue weighted by atomic mass is 16.5. The Labute approximate surface area is 136 Å². The number of carbonyl (C=O) groups is 1. The lowest BCUT2D eigenvalue weighted by Gasteiger charge is -2.18. The van der Waals surface area contributed by atoms with E-state index in [2.05, 4.69) is 13.5 Å². The number of aliphatic hydroxyl groups excluding tert-OH is 1. The molecule has 0 bridgehead atoms. The second kappa shape index (κ2) is 11.8. The van der Waals surface area contributed by atoms with Gasteiger partial charge in [0.1, 0.15) is 6.10 Å². The zero-order valence-electron chi connectivity index (χ0n) is 14.3. The molecule has 0 unspecified atom stereocenters. The lowest BCUT2D eigenvalue weighted by atomic mass is 10.0. The smallest absolute Gasteiger partial charge is 0.164 e. The van der Waals surface area contributed by atoms with Gasteiger partial charge in [0.2, 0.25) is 0 Å². The summed E-state index contributed by atoms with van der Waals surface area (Å²) < 4.78 is 5.78. The van der Waals surface area contributed by atoms with E-state index in [1.807, 2.05) is 6.08 Å². The van der Waals surface area contributed by atoms with Gasteiger partial charge in [-0.1, -0.05) is 57.9 Å². The Hall–Kier alpha value is -0.670. The van der Waals surface area contributed by atoms with E-state index in [0.717, 1.165) is 51.4 Å². The minimum atomic E-state index is -0.478. The van der Waals surface area contributed by atoms with E-state index in [0.29, 0.717) is 6.42 Å². The molecule has 0 amide bonds. The van der Waals surface area contributed by atoms with E-state index in [4.69, 9.17) is 4.74 Å². The second-order valence-corrected chi connectivity index (χ2v) is 6.53. The SMILES string of the molecule is C=CCCCCCCC[C@@H](O)[C@H]1CC(=O)[C@H](CCCCC)O1. The van der Waals surface area contributed by atoms with E-state index >= 15 is 0 Å². The van der Waals surface area contributed by atoms with Crippen LogP contribution < -0.4 is 0 Å². The van der Waals surface area contributed by atoms with Crippen LogP contribution in [0.3, 0.4) is 0 Å². The van der Waals surface area contributed by atoms with Gasteiger partial charge >= 0.3 is 0 Å². The molecule has 0 aromatic rings. The van der Waals surface area contributed by atoms with Crippen LogP contribution in [0, 0.1) is 0 Å². The maximum Gasteiger partial charge on any atom is 0.164 e. The third-order valence-corrected chi connectivity index (χ3v) is 4.51. The summed E-state index contributed by atoms with van der Waals surface area (Å²) >= 11 is 0. The van der Waals surface area contributed by atoms with E-state index in [9.17, 15) is 9.90 Å². The molecule has 3 atom stereocenters. The third kappa shape index (κ3) is 7.55. The number of ketones is 1. The van der Waals surface area contributed by atoms with Crippen molar-refractivity contribution in [3.8, 4) is 0 Å². The van der Waals surface area contributed by atoms with Crippen molar-refractivity contribution in [2.75, 3.05) is 0 Å². The molecule has 128 valence electrons. The van der Waals surface area contributed by atoms with Gasteiger partial charge in [-0.15, -0.1) is 6.58 Å². The third-order valence-electron chi connectivity index (χ3n) is 4.51. The molecule has 3 heteroatoms. The summed E-state index contributed by atoms with van der Waals surface area (Å²) in [5.74, 6) is 0.185. The summed E-state index contributed by atoms with van der Waals surface area (Å²) in [6.45, 7) is 5.88. The van der Waals surface area contributed by atoms with Gasteiger partial charge in [0.15, 0.2) is 5.78 Å². The van der Waals surface area contributed by atoms with Crippen molar-refractivity contribution in [1.29, 1.82) is 0 Å². The molecule has 0 radical (unpaired) electrons. The maximum absolute atomic E-state index is 11.9. The molecule has 0 aliphatic carbocycles. The van der Waals surface area contributed by atoms with Crippen LogP contribution in [-0.4, -0.2) is 29.2 Å². The van der Waals surface area contributed by atoms with Crippen LogP contribution in [0.2, 0.25) is 0 Å². The summed E-state index contributed by atoms with van der Waals surface area (Å²) in [6, 6.07) is 0. The summed E-state index contributed by atoms with van der Waals surface area (Å²) in [7, 11) is 0. The average molecular weight is 310 g/mol. The fourth-order valence-corrected chi connectivity index (χ4v) is 3.06. The van der Waals surface area contributed by atoms with Crippen molar-refractivity contribution < 1.29 is 14.6 Å². The van der Waals surface area contributed by atoms with Crippen LogP contribution in [-0.2, 0) is 9.53 Å². The fraction of sp³-hybridized carbons (Fsp3) is 0.842. The highest BCUT2D eigenvalue weighted by Crippen LogP contribution is 2.25. The number of carbonyl (C=O) groups excluding carboxylic acids is 1. The molecule has 1 N–H and O–H groups in total. The predicted octanol–water partition coefficient (Wildman–Crippen LogP) is 4.57. The molecule has 1 saturated heterocycles. The van der Waals surface area contributed by atoms with Crippen molar-refractivity contribution in [3.05, 3.63) is 12.7 Å². The molecule has 0 aromatic heterocycles. The topological polar surface area (TPSA) is 46.5 Å². The van der Waals surface area contributed by atoms with Crippen LogP contribution in [0.4, 0.5) is 0 Å². The molecular formula is C19H34O3. The highest BCUT2D eigenvalue weighted by Gasteiger charge is 2.36. The first kappa shape index (κ1) is 19.4.